The van der Waals surface area contributed by atoms with Crippen LogP contribution in [0.5, 0.6) is 5.88 Å². The Labute approximate surface area is 66.2 Å². The van der Waals surface area contributed by atoms with Crippen LogP contribution in [0.3, 0.4) is 0 Å². The monoisotopic (exact) mass is 152 g/mol. The highest BCUT2D eigenvalue weighted by atomic mass is 16.5. The SMILES string of the molecule is COc1ccc(CN)c(C)n1. The highest BCUT2D eigenvalue weighted by molar-refractivity contribution is 5.24. The molecule has 1 rings (SSSR count). The Bertz CT molecular complexity index is 248. The molecule has 3 nitrogen and oxygen atoms in total. The van der Waals surface area contributed by atoms with E-state index in [4.69, 9.17) is 10.5 Å². The van der Waals surface area contributed by atoms with Crippen molar-refractivity contribution in [2.75, 3.05) is 7.11 Å². The average Bonchev–Trinajstić information content (AvgIpc) is 2.04. The van der Waals surface area contributed by atoms with Gasteiger partial charge in [0.15, 0.2) is 0 Å². The number of rotatable bonds is 2. The van der Waals surface area contributed by atoms with Crippen LogP contribution in [0.1, 0.15) is 11.3 Å². The summed E-state index contributed by atoms with van der Waals surface area (Å²) in [6, 6.07) is 3.75. The molecule has 0 saturated heterocycles. The van der Waals surface area contributed by atoms with E-state index in [-0.39, 0.29) is 0 Å². The molecule has 0 fully saturated rings. The van der Waals surface area contributed by atoms with Crippen molar-refractivity contribution < 1.29 is 4.74 Å². The van der Waals surface area contributed by atoms with E-state index in [0.717, 1.165) is 11.3 Å². The highest BCUT2D eigenvalue weighted by Gasteiger charge is 1.98. The van der Waals surface area contributed by atoms with Gasteiger partial charge in [-0.15, -0.1) is 0 Å². The Morgan fingerprint density at radius 1 is 1.55 bits per heavy atom. The van der Waals surface area contributed by atoms with Crippen LogP contribution in [0.2, 0.25) is 0 Å². The van der Waals surface area contributed by atoms with Gasteiger partial charge < -0.3 is 10.5 Å². The summed E-state index contributed by atoms with van der Waals surface area (Å²) in [6.07, 6.45) is 0. The molecule has 0 aliphatic carbocycles. The van der Waals surface area contributed by atoms with Gasteiger partial charge in [-0.25, -0.2) is 4.98 Å². The Balaban J connectivity index is 2.99. The molecule has 0 atom stereocenters. The molecule has 1 aromatic rings. The number of aryl methyl sites for hydroxylation is 1. The molecule has 0 aliphatic rings. The van der Waals surface area contributed by atoms with Gasteiger partial charge in [-0.3, -0.25) is 0 Å². The van der Waals surface area contributed by atoms with Crippen LogP contribution in [0.25, 0.3) is 0 Å². The van der Waals surface area contributed by atoms with E-state index >= 15 is 0 Å². The largest absolute Gasteiger partial charge is 0.481 e. The fraction of sp³-hybridized carbons (Fsp3) is 0.375. The lowest BCUT2D eigenvalue weighted by Crippen LogP contribution is -2.01. The first-order chi connectivity index (χ1) is 5.27. The Morgan fingerprint density at radius 2 is 2.27 bits per heavy atom. The van der Waals surface area contributed by atoms with Crippen LogP contribution in [0.4, 0.5) is 0 Å². The van der Waals surface area contributed by atoms with Gasteiger partial charge in [0.25, 0.3) is 0 Å². The number of hydrogen-bond donors (Lipinski definition) is 1. The number of pyridine rings is 1. The zero-order valence-corrected chi connectivity index (χ0v) is 6.79. The number of nitrogens with two attached hydrogens (primary N) is 1. The van der Waals surface area contributed by atoms with Crippen molar-refractivity contribution in [3.05, 3.63) is 23.4 Å². The van der Waals surface area contributed by atoms with E-state index < -0.39 is 0 Å². The van der Waals surface area contributed by atoms with Gasteiger partial charge in [-0.2, -0.15) is 0 Å². The second-order valence-electron chi connectivity index (χ2n) is 2.30. The predicted molar refractivity (Wildman–Crippen MR) is 43.4 cm³/mol. The maximum absolute atomic E-state index is 5.46. The molecule has 11 heavy (non-hydrogen) atoms. The van der Waals surface area contributed by atoms with Crippen molar-refractivity contribution in [3.8, 4) is 5.88 Å². The Hall–Kier alpha value is -1.09. The molecule has 0 saturated carbocycles. The third-order valence-electron chi connectivity index (χ3n) is 1.60. The van der Waals surface area contributed by atoms with Gasteiger partial charge in [0.1, 0.15) is 0 Å². The van der Waals surface area contributed by atoms with Crippen LogP contribution >= 0.6 is 0 Å². The van der Waals surface area contributed by atoms with Crippen LogP contribution in [-0.4, -0.2) is 12.1 Å². The third kappa shape index (κ3) is 1.68. The highest BCUT2D eigenvalue weighted by Crippen LogP contribution is 2.10. The molecule has 60 valence electrons. The zero-order valence-electron chi connectivity index (χ0n) is 6.79. The minimum Gasteiger partial charge on any atom is -0.481 e. The molecule has 0 unspecified atom stereocenters. The second-order valence-corrected chi connectivity index (χ2v) is 2.30. The minimum absolute atomic E-state index is 0.531. The maximum atomic E-state index is 5.46. The molecular formula is C8H12N2O. The quantitative estimate of drug-likeness (QED) is 0.683. The van der Waals surface area contributed by atoms with Gasteiger partial charge in [-0.05, 0) is 12.5 Å². The summed E-state index contributed by atoms with van der Waals surface area (Å²) in [5.41, 5.74) is 7.46. The Morgan fingerprint density at radius 3 is 2.73 bits per heavy atom. The molecule has 2 N–H and O–H groups in total. The molecule has 0 bridgehead atoms. The number of methoxy groups -OCH3 is 1. The summed E-state index contributed by atoms with van der Waals surface area (Å²) < 4.78 is 4.94. The summed E-state index contributed by atoms with van der Waals surface area (Å²) in [7, 11) is 1.60. The van der Waals surface area contributed by atoms with Crippen LogP contribution in [0.15, 0.2) is 12.1 Å². The van der Waals surface area contributed by atoms with Gasteiger partial charge in [0.05, 0.1) is 7.11 Å². The smallest absolute Gasteiger partial charge is 0.213 e. The minimum atomic E-state index is 0.531. The van der Waals surface area contributed by atoms with Crippen molar-refractivity contribution in [3.63, 3.8) is 0 Å². The van der Waals surface area contributed by atoms with Gasteiger partial charge >= 0.3 is 0 Å². The molecule has 1 heterocycles. The normalized spacial score (nSPS) is 9.73. The van der Waals surface area contributed by atoms with Crippen molar-refractivity contribution in [1.29, 1.82) is 0 Å². The van der Waals surface area contributed by atoms with Crippen molar-refractivity contribution in [1.82, 2.24) is 4.98 Å². The first-order valence-corrected chi connectivity index (χ1v) is 3.48. The Kier molecular flexibility index (Phi) is 2.44. The van der Waals surface area contributed by atoms with Crippen molar-refractivity contribution in [2.45, 2.75) is 13.5 Å². The number of hydrogen-bond acceptors (Lipinski definition) is 3. The van der Waals surface area contributed by atoms with Gasteiger partial charge in [0.2, 0.25) is 5.88 Å². The number of aromatic nitrogens is 1. The summed E-state index contributed by atoms with van der Waals surface area (Å²) >= 11 is 0. The third-order valence-corrected chi connectivity index (χ3v) is 1.60. The molecule has 0 amide bonds. The summed E-state index contributed by atoms with van der Waals surface area (Å²) in [6.45, 7) is 2.45. The lowest BCUT2D eigenvalue weighted by atomic mass is 10.2. The molecule has 0 aliphatic heterocycles. The second kappa shape index (κ2) is 3.34. The van der Waals surface area contributed by atoms with E-state index in [0.29, 0.717) is 12.4 Å². The molecule has 0 radical (unpaired) electrons. The van der Waals surface area contributed by atoms with E-state index in [2.05, 4.69) is 4.98 Å². The first-order valence-electron chi connectivity index (χ1n) is 3.48. The van der Waals surface area contributed by atoms with E-state index in [1.165, 1.54) is 0 Å². The summed E-state index contributed by atoms with van der Waals surface area (Å²) in [4.78, 5) is 4.16. The van der Waals surface area contributed by atoms with Crippen LogP contribution in [-0.2, 0) is 6.54 Å². The summed E-state index contributed by atoms with van der Waals surface area (Å²) in [5, 5.41) is 0. The molecule has 3 heteroatoms. The average molecular weight is 152 g/mol. The molecule has 0 aromatic carbocycles. The van der Waals surface area contributed by atoms with E-state index in [1.54, 1.807) is 7.11 Å². The number of nitrogens with zero attached hydrogens (tertiary/aromatic N) is 1. The predicted octanol–water partition coefficient (Wildman–Crippen LogP) is 0.857. The van der Waals surface area contributed by atoms with Crippen LogP contribution < -0.4 is 10.5 Å². The fourth-order valence-corrected chi connectivity index (χ4v) is 0.896. The van der Waals surface area contributed by atoms with E-state index in [9.17, 15) is 0 Å². The van der Waals surface area contributed by atoms with Crippen LogP contribution in [0, 0.1) is 6.92 Å². The van der Waals surface area contributed by atoms with Crippen molar-refractivity contribution >= 4 is 0 Å². The molecule has 0 spiro atoms. The molecule has 1 aromatic heterocycles. The fourth-order valence-electron chi connectivity index (χ4n) is 0.896. The molecular weight excluding hydrogens is 140 g/mol. The van der Waals surface area contributed by atoms with Gasteiger partial charge in [0, 0.05) is 18.3 Å². The lowest BCUT2D eigenvalue weighted by Gasteiger charge is -2.03. The maximum Gasteiger partial charge on any atom is 0.213 e. The topological polar surface area (TPSA) is 48.1 Å². The van der Waals surface area contributed by atoms with Crippen molar-refractivity contribution in [2.24, 2.45) is 5.73 Å². The first kappa shape index (κ1) is 8.01. The van der Waals surface area contributed by atoms with Gasteiger partial charge in [-0.1, -0.05) is 6.07 Å². The lowest BCUT2D eigenvalue weighted by molar-refractivity contribution is 0.396. The standard InChI is InChI=1S/C8H12N2O/c1-6-7(5-9)3-4-8(10-6)11-2/h3-4H,5,9H2,1-2H3. The number of ether oxygens (including phenoxy) is 1. The van der Waals surface area contributed by atoms with E-state index in [1.807, 2.05) is 19.1 Å². The summed E-state index contributed by atoms with van der Waals surface area (Å²) in [5.74, 6) is 0.639. The zero-order chi connectivity index (χ0) is 8.27.